The van der Waals surface area contributed by atoms with E-state index < -0.39 is 10.0 Å². The standard InChI is InChI=1S/C9H12BrNO3S/c1-7-2-3-8(6-9(7)10)11-15(13,14)5-4-12/h2-3,6,11-12H,4-5H2,1H3. The third-order valence-corrected chi connectivity index (χ3v) is 3.93. The van der Waals surface area contributed by atoms with Crippen LogP contribution in [0.1, 0.15) is 5.56 Å². The van der Waals surface area contributed by atoms with Crippen LogP contribution >= 0.6 is 15.9 Å². The molecule has 0 aliphatic rings. The zero-order chi connectivity index (χ0) is 11.5. The number of aliphatic hydroxyl groups excluding tert-OH is 1. The highest BCUT2D eigenvalue weighted by atomic mass is 79.9. The molecule has 2 N–H and O–H groups in total. The van der Waals surface area contributed by atoms with Crippen molar-refractivity contribution in [3.63, 3.8) is 0 Å². The molecule has 0 unspecified atom stereocenters. The number of aryl methyl sites for hydroxylation is 1. The van der Waals surface area contributed by atoms with Crippen LogP contribution in [-0.2, 0) is 10.0 Å². The smallest absolute Gasteiger partial charge is 0.234 e. The Labute approximate surface area is 97.5 Å². The molecule has 0 saturated heterocycles. The number of rotatable bonds is 4. The van der Waals surface area contributed by atoms with Crippen molar-refractivity contribution >= 4 is 31.6 Å². The number of anilines is 1. The first-order valence-electron chi connectivity index (χ1n) is 4.32. The van der Waals surface area contributed by atoms with Crippen molar-refractivity contribution in [2.75, 3.05) is 17.1 Å². The Morgan fingerprint density at radius 3 is 2.67 bits per heavy atom. The molecule has 1 rings (SSSR count). The molecule has 0 atom stereocenters. The van der Waals surface area contributed by atoms with Gasteiger partial charge >= 0.3 is 0 Å². The molecule has 1 aromatic carbocycles. The van der Waals surface area contributed by atoms with Gasteiger partial charge in [-0.3, -0.25) is 4.72 Å². The zero-order valence-electron chi connectivity index (χ0n) is 8.20. The van der Waals surface area contributed by atoms with Crippen LogP contribution in [-0.4, -0.2) is 25.9 Å². The maximum Gasteiger partial charge on any atom is 0.234 e. The lowest BCUT2D eigenvalue weighted by Crippen LogP contribution is -2.18. The monoisotopic (exact) mass is 293 g/mol. The Balaban J connectivity index is 2.86. The molecule has 0 saturated carbocycles. The molecule has 0 radical (unpaired) electrons. The SMILES string of the molecule is Cc1ccc(NS(=O)(=O)CCO)cc1Br. The molecule has 4 nitrogen and oxygen atoms in total. The average Bonchev–Trinajstić information content (AvgIpc) is 2.10. The van der Waals surface area contributed by atoms with Crippen LogP contribution in [0.4, 0.5) is 5.69 Å². The van der Waals surface area contributed by atoms with Gasteiger partial charge in [-0.25, -0.2) is 8.42 Å². The highest BCUT2D eigenvalue weighted by Crippen LogP contribution is 2.21. The predicted molar refractivity (Wildman–Crippen MR) is 63.4 cm³/mol. The number of halogens is 1. The van der Waals surface area contributed by atoms with Gasteiger partial charge in [-0.05, 0) is 24.6 Å². The molecule has 0 aliphatic heterocycles. The van der Waals surface area contributed by atoms with Crippen molar-refractivity contribution < 1.29 is 13.5 Å². The molecule has 6 heteroatoms. The Bertz CT molecular complexity index is 445. The van der Waals surface area contributed by atoms with Gasteiger partial charge in [0, 0.05) is 10.2 Å². The highest BCUT2D eigenvalue weighted by Gasteiger charge is 2.09. The van der Waals surface area contributed by atoms with Crippen molar-refractivity contribution in [2.24, 2.45) is 0 Å². The second kappa shape index (κ2) is 4.96. The lowest BCUT2D eigenvalue weighted by Gasteiger charge is -2.07. The first-order valence-corrected chi connectivity index (χ1v) is 6.76. The first-order chi connectivity index (χ1) is 6.94. The molecule has 0 amide bonds. The van der Waals surface area contributed by atoms with Crippen LogP contribution in [0, 0.1) is 6.92 Å². The number of aliphatic hydroxyl groups is 1. The van der Waals surface area contributed by atoms with Crippen LogP contribution in [0.2, 0.25) is 0 Å². The van der Waals surface area contributed by atoms with Gasteiger partial charge in [0.05, 0.1) is 12.4 Å². The van der Waals surface area contributed by atoms with E-state index in [9.17, 15) is 8.42 Å². The fourth-order valence-corrected chi connectivity index (χ4v) is 2.21. The Morgan fingerprint density at radius 1 is 1.47 bits per heavy atom. The predicted octanol–water partition coefficient (Wildman–Crippen LogP) is 1.49. The molecule has 0 spiro atoms. The van der Waals surface area contributed by atoms with Crippen LogP contribution < -0.4 is 4.72 Å². The van der Waals surface area contributed by atoms with Gasteiger partial charge in [0.2, 0.25) is 10.0 Å². The number of sulfonamides is 1. The van der Waals surface area contributed by atoms with E-state index in [4.69, 9.17) is 5.11 Å². The van der Waals surface area contributed by atoms with Crippen molar-refractivity contribution in [3.05, 3.63) is 28.2 Å². The summed E-state index contributed by atoms with van der Waals surface area (Å²) in [5.74, 6) is -0.293. The van der Waals surface area contributed by atoms with Crippen LogP contribution in [0.15, 0.2) is 22.7 Å². The highest BCUT2D eigenvalue weighted by molar-refractivity contribution is 9.10. The minimum absolute atomic E-state index is 0.293. The summed E-state index contributed by atoms with van der Waals surface area (Å²) >= 11 is 3.31. The summed E-state index contributed by atoms with van der Waals surface area (Å²) in [5.41, 5.74) is 1.51. The minimum atomic E-state index is -3.44. The third-order valence-electron chi connectivity index (χ3n) is 1.81. The Morgan fingerprint density at radius 2 is 2.13 bits per heavy atom. The van der Waals surface area contributed by atoms with Crippen molar-refractivity contribution in [3.8, 4) is 0 Å². The zero-order valence-corrected chi connectivity index (χ0v) is 10.6. The normalized spacial score (nSPS) is 11.4. The maximum absolute atomic E-state index is 11.3. The summed E-state index contributed by atoms with van der Waals surface area (Å²) in [5, 5.41) is 8.55. The van der Waals surface area contributed by atoms with E-state index in [1.54, 1.807) is 18.2 Å². The number of nitrogens with one attached hydrogen (secondary N) is 1. The van der Waals surface area contributed by atoms with E-state index in [0.29, 0.717) is 5.69 Å². The second-order valence-electron chi connectivity index (χ2n) is 3.11. The molecule has 84 valence electrons. The fraction of sp³-hybridized carbons (Fsp3) is 0.333. The molecule has 15 heavy (non-hydrogen) atoms. The van der Waals surface area contributed by atoms with Gasteiger partial charge in [0.1, 0.15) is 0 Å². The molecule has 1 aromatic rings. The van der Waals surface area contributed by atoms with Crippen molar-refractivity contribution in [1.29, 1.82) is 0 Å². The lowest BCUT2D eigenvalue weighted by atomic mass is 10.2. The van der Waals surface area contributed by atoms with E-state index in [-0.39, 0.29) is 12.4 Å². The van der Waals surface area contributed by atoms with Gasteiger partial charge in [-0.1, -0.05) is 22.0 Å². The van der Waals surface area contributed by atoms with E-state index >= 15 is 0 Å². The summed E-state index contributed by atoms with van der Waals surface area (Å²) in [6, 6.07) is 5.17. The fourth-order valence-electron chi connectivity index (χ4n) is 1.01. The summed E-state index contributed by atoms with van der Waals surface area (Å²) in [7, 11) is -3.44. The van der Waals surface area contributed by atoms with E-state index in [1.807, 2.05) is 6.92 Å². The third kappa shape index (κ3) is 3.81. The molecule has 0 fully saturated rings. The molecular formula is C9H12BrNO3S. The summed E-state index contributed by atoms with van der Waals surface area (Å²) in [4.78, 5) is 0. The first kappa shape index (κ1) is 12.5. The van der Waals surface area contributed by atoms with Crippen molar-refractivity contribution in [2.45, 2.75) is 6.92 Å². The Hall–Kier alpha value is -0.590. The largest absolute Gasteiger partial charge is 0.395 e. The average molecular weight is 294 g/mol. The molecule has 0 heterocycles. The quantitative estimate of drug-likeness (QED) is 0.884. The van der Waals surface area contributed by atoms with Crippen molar-refractivity contribution in [1.82, 2.24) is 0 Å². The van der Waals surface area contributed by atoms with E-state index in [1.165, 1.54) is 0 Å². The summed E-state index contributed by atoms with van der Waals surface area (Å²) in [6.45, 7) is 1.53. The lowest BCUT2D eigenvalue weighted by molar-refractivity contribution is 0.320. The maximum atomic E-state index is 11.3. The Kier molecular flexibility index (Phi) is 4.12. The van der Waals surface area contributed by atoms with Gasteiger partial charge in [0.25, 0.3) is 0 Å². The van der Waals surface area contributed by atoms with Crippen LogP contribution in [0.5, 0.6) is 0 Å². The minimum Gasteiger partial charge on any atom is -0.395 e. The van der Waals surface area contributed by atoms with Crippen LogP contribution in [0.3, 0.4) is 0 Å². The topological polar surface area (TPSA) is 66.4 Å². The summed E-state index contributed by atoms with van der Waals surface area (Å²) in [6.07, 6.45) is 0. The molecule has 0 aliphatic carbocycles. The number of hydrogen-bond acceptors (Lipinski definition) is 3. The molecule has 0 aromatic heterocycles. The van der Waals surface area contributed by atoms with Gasteiger partial charge in [0.15, 0.2) is 0 Å². The van der Waals surface area contributed by atoms with Crippen LogP contribution in [0.25, 0.3) is 0 Å². The van der Waals surface area contributed by atoms with Gasteiger partial charge in [-0.2, -0.15) is 0 Å². The van der Waals surface area contributed by atoms with E-state index in [0.717, 1.165) is 10.0 Å². The molecular weight excluding hydrogens is 282 g/mol. The van der Waals surface area contributed by atoms with E-state index in [2.05, 4.69) is 20.7 Å². The van der Waals surface area contributed by atoms with Gasteiger partial charge in [-0.15, -0.1) is 0 Å². The number of hydrogen-bond donors (Lipinski definition) is 2. The number of benzene rings is 1. The molecule has 0 bridgehead atoms. The van der Waals surface area contributed by atoms with Gasteiger partial charge < -0.3 is 5.11 Å². The summed E-state index contributed by atoms with van der Waals surface area (Å²) < 4.78 is 25.8. The second-order valence-corrected chi connectivity index (χ2v) is 5.80.